The van der Waals surface area contributed by atoms with Crippen LogP contribution in [0.1, 0.15) is 30.6 Å². The maximum Gasteiger partial charge on any atom is 0.169 e. The average Bonchev–Trinajstić information content (AvgIpc) is 2.74. The van der Waals surface area contributed by atoms with Gasteiger partial charge in [-0.2, -0.15) is 0 Å². The second-order valence-electron chi connectivity index (χ2n) is 4.95. The number of benzene rings is 1. The SMILES string of the molecule is CC(C)Oc1cccc(C(=O)C2C=CC(N)C2)c1. The summed E-state index contributed by atoms with van der Waals surface area (Å²) in [7, 11) is 0. The van der Waals surface area contributed by atoms with Gasteiger partial charge in [0.25, 0.3) is 0 Å². The Morgan fingerprint density at radius 3 is 2.78 bits per heavy atom. The van der Waals surface area contributed by atoms with Crippen molar-refractivity contribution in [3.63, 3.8) is 0 Å². The second kappa shape index (κ2) is 5.36. The molecule has 0 amide bonds. The molecule has 18 heavy (non-hydrogen) atoms. The van der Waals surface area contributed by atoms with Crippen LogP contribution in [0.15, 0.2) is 36.4 Å². The van der Waals surface area contributed by atoms with Crippen molar-refractivity contribution in [1.29, 1.82) is 0 Å². The summed E-state index contributed by atoms with van der Waals surface area (Å²) in [5.74, 6) is 0.768. The maximum absolute atomic E-state index is 12.3. The molecule has 0 aliphatic heterocycles. The first-order valence-electron chi connectivity index (χ1n) is 6.31. The van der Waals surface area contributed by atoms with Crippen LogP contribution in [0.2, 0.25) is 0 Å². The molecule has 1 aromatic rings. The Kier molecular flexibility index (Phi) is 3.82. The summed E-state index contributed by atoms with van der Waals surface area (Å²) in [6.45, 7) is 3.93. The normalized spacial score (nSPS) is 22.4. The highest BCUT2D eigenvalue weighted by molar-refractivity contribution is 5.99. The Bertz CT molecular complexity index is 465. The lowest BCUT2D eigenvalue weighted by Crippen LogP contribution is -2.19. The zero-order valence-electron chi connectivity index (χ0n) is 10.8. The average molecular weight is 245 g/mol. The van der Waals surface area contributed by atoms with E-state index in [1.807, 2.05) is 44.2 Å². The standard InChI is InChI=1S/C15H19NO2/c1-10(2)18-14-5-3-4-11(9-14)15(17)12-6-7-13(16)8-12/h3-7,9-10,12-13H,8,16H2,1-2H3. The highest BCUT2D eigenvalue weighted by Gasteiger charge is 2.23. The molecule has 3 heteroatoms. The van der Waals surface area contributed by atoms with Gasteiger partial charge in [-0.3, -0.25) is 4.79 Å². The van der Waals surface area contributed by atoms with Gasteiger partial charge in [0.05, 0.1) is 6.10 Å². The highest BCUT2D eigenvalue weighted by atomic mass is 16.5. The summed E-state index contributed by atoms with van der Waals surface area (Å²) < 4.78 is 5.59. The van der Waals surface area contributed by atoms with E-state index in [0.29, 0.717) is 12.0 Å². The van der Waals surface area contributed by atoms with Gasteiger partial charge in [-0.05, 0) is 32.4 Å². The van der Waals surface area contributed by atoms with Crippen molar-refractivity contribution in [2.24, 2.45) is 11.7 Å². The molecular weight excluding hydrogens is 226 g/mol. The van der Waals surface area contributed by atoms with Crippen LogP contribution in [-0.4, -0.2) is 17.9 Å². The molecule has 3 nitrogen and oxygen atoms in total. The number of Topliss-reactive ketones (excluding diaryl/α,β-unsaturated/α-hetero) is 1. The second-order valence-corrected chi connectivity index (χ2v) is 4.95. The molecule has 0 bridgehead atoms. The fourth-order valence-corrected chi connectivity index (χ4v) is 2.13. The van der Waals surface area contributed by atoms with E-state index < -0.39 is 0 Å². The van der Waals surface area contributed by atoms with E-state index in [1.54, 1.807) is 6.07 Å². The molecule has 2 atom stereocenters. The quantitative estimate of drug-likeness (QED) is 0.655. The lowest BCUT2D eigenvalue weighted by molar-refractivity contribution is 0.0942. The monoisotopic (exact) mass is 245 g/mol. The molecule has 1 aliphatic rings. The highest BCUT2D eigenvalue weighted by Crippen LogP contribution is 2.23. The van der Waals surface area contributed by atoms with Crippen molar-refractivity contribution in [3.05, 3.63) is 42.0 Å². The van der Waals surface area contributed by atoms with Crippen molar-refractivity contribution in [1.82, 2.24) is 0 Å². The number of ether oxygens (including phenoxy) is 1. The topological polar surface area (TPSA) is 52.3 Å². The molecule has 2 unspecified atom stereocenters. The van der Waals surface area contributed by atoms with Gasteiger partial charge in [-0.15, -0.1) is 0 Å². The largest absolute Gasteiger partial charge is 0.491 e. The molecule has 0 saturated carbocycles. The lowest BCUT2D eigenvalue weighted by Gasteiger charge is -2.12. The minimum atomic E-state index is -0.0886. The summed E-state index contributed by atoms with van der Waals surface area (Å²) >= 11 is 0. The van der Waals surface area contributed by atoms with Crippen LogP contribution in [0.4, 0.5) is 0 Å². The van der Waals surface area contributed by atoms with Gasteiger partial charge >= 0.3 is 0 Å². The fourth-order valence-electron chi connectivity index (χ4n) is 2.13. The molecule has 1 aromatic carbocycles. The molecule has 0 fully saturated rings. The van der Waals surface area contributed by atoms with Crippen molar-refractivity contribution < 1.29 is 9.53 Å². The van der Waals surface area contributed by atoms with Gasteiger partial charge in [-0.25, -0.2) is 0 Å². The Hall–Kier alpha value is -1.61. The van der Waals surface area contributed by atoms with Gasteiger partial charge in [0, 0.05) is 17.5 Å². The maximum atomic E-state index is 12.3. The number of hydrogen-bond acceptors (Lipinski definition) is 3. The lowest BCUT2D eigenvalue weighted by atomic mass is 9.96. The Morgan fingerprint density at radius 1 is 1.39 bits per heavy atom. The predicted octanol–water partition coefficient (Wildman–Crippen LogP) is 2.56. The predicted molar refractivity (Wildman–Crippen MR) is 71.8 cm³/mol. The van der Waals surface area contributed by atoms with Crippen molar-refractivity contribution in [2.75, 3.05) is 0 Å². The summed E-state index contributed by atoms with van der Waals surface area (Å²) in [5.41, 5.74) is 6.46. The van der Waals surface area contributed by atoms with Crippen LogP contribution in [-0.2, 0) is 0 Å². The Morgan fingerprint density at radius 2 is 2.17 bits per heavy atom. The van der Waals surface area contributed by atoms with Crippen molar-refractivity contribution >= 4 is 5.78 Å². The van der Waals surface area contributed by atoms with Crippen LogP contribution < -0.4 is 10.5 Å². The third kappa shape index (κ3) is 2.99. The van der Waals surface area contributed by atoms with Crippen LogP contribution >= 0.6 is 0 Å². The van der Waals surface area contributed by atoms with E-state index in [1.165, 1.54) is 0 Å². The summed E-state index contributed by atoms with van der Waals surface area (Å²) in [6.07, 6.45) is 4.61. The first kappa shape index (κ1) is 12.8. The number of carbonyl (C=O) groups is 1. The number of nitrogens with two attached hydrogens (primary N) is 1. The van der Waals surface area contributed by atoms with Crippen LogP contribution in [0.5, 0.6) is 5.75 Å². The van der Waals surface area contributed by atoms with Gasteiger partial charge in [0.2, 0.25) is 0 Å². The number of rotatable bonds is 4. The van der Waals surface area contributed by atoms with Crippen LogP contribution in [0.3, 0.4) is 0 Å². The minimum absolute atomic E-state index is 0.00838. The zero-order valence-corrected chi connectivity index (χ0v) is 10.8. The molecular formula is C15H19NO2. The van der Waals surface area contributed by atoms with Crippen LogP contribution in [0.25, 0.3) is 0 Å². The van der Waals surface area contributed by atoms with Gasteiger partial charge in [-0.1, -0.05) is 24.3 Å². The number of carbonyl (C=O) groups excluding carboxylic acids is 1. The van der Waals surface area contributed by atoms with Gasteiger partial charge in [0.15, 0.2) is 5.78 Å². The third-order valence-electron chi connectivity index (χ3n) is 2.94. The number of hydrogen-bond donors (Lipinski definition) is 1. The molecule has 96 valence electrons. The van der Waals surface area contributed by atoms with E-state index in [9.17, 15) is 4.79 Å². The first-order chi connectivity index (χ1) is 8.56. The third-order valence-corrected chi connectivity index (χ3v) is 2.94. The minimum Gasteiger partial charge on any atom is -0.491 e. The Balaban J connectivity index is 2.13. The molecule has 1 aliphatic carbocycles. The fraction of sp³-hybridized carbons (Fsp3) is 0.400. The van der Waals surface area contributed by atoms with E-state index in [0.717, 1.165) is 5.75 Å². The van der Waals surface area contributed by atoms with Gasteiger partial charge < -0.3 is 10.5 Å². The summed E-state index contributed by atoms with van der Waals surface area (Å²) in [4.78, 5) is 12.3. The summed E-state index contributed by atoms with van der Waals surface area (Å²) in [6, 6.07) is 7.36. The number of allylic oxidation sites excluding steroid dienone is 1. The van der Waals surface area contributed by atoms with Crippen molar-refractivity contribution in [2.45, 2.75) is 32.4 Å². The van der Waals surface area contributed by atoms with E-state index >= 15 is 0 Å². The van der Waals surface area contributed by atoms with Crippen LogP contribution in [0, 0.1) is 5.92 Å². The molecule has 0 saturated heterocycles. The first-order valence-corrected chi connectivity index (χ1v) is 6.31. The summed E-state index contributed by atoms with van der Waals surface area (Å²) in [5, 5.41) is 0. The molecule has 2 N–H and O–H groups in total. The van der Waals surface area contributed by atoms with E-state index in [4.69, 9.17) is 10.5 Å². The zero-order chi connectivity index (χ0) is 13.1. The Labute approximate surface area is 108 Å². The molecule has 0 radical (unpaired) electrons. The number of ketones is 1. The molecule has 2 rings (SSSR count). The van der Waals surface area contributed by atoms with E-state index in [-0.39, 0.29) is 23.8 Å². The molecule has 0 heterocycles. The molecule has 0 spiro atoms. The van der Waals surface area contributed by atoms with E-state index in [2.05, 4.69) is 0 Å². The smallest absolute Gasteiger partial charge is 0.169 e. The van der Waals surface area contributed by atoms with Gasteiger partial charge in [0.1, 0.15) is 5.75 Å². The van der Waals surface area contributed by atoms with Crippen molar-refractivity contribution in [3.8, 4) is 5.75 Å². The molecule has 0 aromatic heterocycles.